The Kier molecular flexibility index (Phi) is 10.1. The van der Waals surface area contributed by atoms with Crippen LogP contribution in [-0.2, 0) is 22.6 Å². The first-order valence-corrected chi connectivity index (χ1v) is 12.5. The van der Waals surface area contributed by atoms with E-state index in [2.05, 4.69) is 27.4 Å². The molecule has 2 N–H and O–H groups in total. The molecule has 0 saturated carbocycles. The molecule has 0 bridgehead atoms. The third-order valence-electron chi connectivity index (χ3n) is 4.75. The first kappa shape index (κ1) is 27.0. The maximum atomic E-state index is 12.5. The van der Waals surface area contributed by atoms with Crippen LogP contribution in [0.2, 0.25) is 5.02 Å². The lowest BCUT2D eigenvalue weighted by Gasteiger charge is -2.10. The standard InChI is InChI=1S/C25H26ClN5O4S/c1-3-11-31-21(15-27-23(33)17-7-5-9-19(26)13-17)29-30-25(31)36-16-22(32)28-20-10-6-8-18(14-20)24(34)35-12-4-2/h3,5-10,13-14H,1,4,11-12,15-16H2,2H3,(H,27,33)(H,28,32). The van der Waals surface area contributed by atoms with Crippen LogP contribution in [0.1, 0.15) is 39.9 Å². The number of carbonyl (C=O) groups is 3. The van der Waals surface area contributed by atoms with Gasteiger partial charge in [-0.05, 0) is 42.8 Å². The molecule has 36 heavy (non-hydrogen) atoms. The van der Waals surface area contributed by atoms with Crippen LogP contribution in [0.25, 0.3) is 0 Å². The molecule has 0 aliphatic carbocycles. The fourth-order valence-electron chi connectivity index (χ4n) is 3.09. The zero-order valence-corrected chi connectivity index (χ0v) is 21.3. The number of esters is 1. The lowest BCUT2D eigenvalue weighted by molar-refractivity contribution is -0.113. The quantitative estimate of drug-likeness (QED) is 0.204. The number of hydrogen-bond acceptors (Lipinski definition) is 7. The van der Waals surface area contributed by atoms with Crippen molar-refractivity contribution in [3.8, 4) is 0 Å². The number of amides is 2. The Labute approximate surface area is 218 Å². The van der Waals surface area contributed by atoms with Crippen LogP contribution < -0.4 is 10.6 Å². The summed E-state index contributed by atoms with van der Waals surface area (Å²) < 4.78 is 6.90. The van der Waals surface area contributed by atoms with E-state index < -0.39 is 5.97 Å². The lowest BCUT2D eigenvalue weighted by Crippen LogP contribution is -2.24. The van der Waals surface area contributed by atoms with Gasteiger partial charge in [-0.3, -0.25) is 9.59 Å². The summed E-state index contributed by atoms with van der Waals surface area (Å²) in [7, 11) is 0. The van der Waals surface area contributed by atoms with Crippen molar-refractivity contribution in [2.75, 3.05) is 17.7 Å². The van der Waals surface area contributed by atoms with E-state index in [0.717, 1.165) is 6.42 Å². The number of aromatic nitrogens is 3. The van der Waals surface area contributed by atoms with Crippen molar-refractivity contribution in [1.29, 1.82) is 0 Å². The number of allylic oxidation sites excluding steroid dienone is 1. The van der Waals surface area contributed by atoms with Gasteiger partial charge >= 0.3 is 5.97 Å². The number of hydrogen-bond donors (Lipinski definition) is 2. The molecule has 2 amide bonds. The zero-order valence-electron chi connectivity index (χ0n) is 19.7. The largest absolute Gasteiger partial charge is 0.462 e. The maximum Gasteiger partial charge on any atom is 0.338 e. The van der Waals surface area contributed by atoms with Crippen LogP contribution in [0.4, 0.5) is 5.69 Å². The van der Waals surface area contributed by atoms with E-state index >= 15 is 0 Å². The van der Waals surface area contributed by atoms with Crippen LogP contribution in [0.5, 0.6) is 0 Å². The second-order valence-electron chi connectivity index (χ2n) is 7.54. The molecule has 3 aromatic rings. The molecule has 11 heteroatoms. The van der Waals surface area contributed by atoms with Crippen molar-refractivity contribution in [2.24, 2.45) is 0 Å². The third-order valence-corrected chi connectivity index (χ3v) is 5.95. The van der Waals surface area contributed by atoms with E-state index in [-0.39, 0.29) is 24.1 Å². The van der Waals surface area contributed by atoms with Gasteiger partial charge in [0.25, 0.3) is 5.91 Å². The Hall–Kier alpha value is -3.63. The Morgan fingerprint density at radius 2 is 1.92 bits per heavy atom. The maximum absolute atomic E-state index is 12.5. The molecule has 0 aliphatic rings. The number of anilines is 1. The van der Waals surface area contributed by atoms with E-state index in [1.807, 2.05) is 6.92 Å². The number of ether oxygens (including phenoxy) is 1. The molecular formula is C25H26ClN5O4S. The number of benzene rings is 2. The molecule has 3 rings (SSSR count). The van der Waals surface area contributed by atoms with Crippen molar-refractivity contribution in [3.05, 3.63) is 83.2 Å². The summed E-state index contributed by atoms with van der Waals surface area (Å²) in [5, 5.41) is 14.9. The molecule has 0 aliphatic heterocycles. The smallest absolute Gasteiger partial charge is 0.338 e. The van der Waals surface area contributed by atoms with Gasteiger partial charge in [-0.15, -0.1) is 16.8 Å². The Morgan fingerprint density at radius 1 is 1.14 bits per heavy atom. The molecule has 0 radical (unpaired) electrons. The fraction of sp³-hybridized carbons (Fsp3) is 0.240. The Bertz CT molecular complexity index is 1250. The van der Waals surface area contributed by atoms with Crippen LogP contribution in [0.15, 0.2) is 66.3 Å². The molecule has 0 spiro atoms. The Balaban J connectivity index is 1.58. The molecule has 0 saturated heterocycles. The number of halogens is 1. The van der Waals surface area contributed by atoms with Crippen molar-refractivity contribution in [1.82, 2.24) is 20.1 Å². The normalized spacial score (nSPS) is 10.5. The number of nitrogens with one attached hydrogen (secondary N) is 2. The predicted molar refractivity (Wildman–Crippen MR) is 139 cm³/mol. The van der Waals surface area contributed by atoms with Crippen molar-refractivity contribution < 1.29 is 19.1 Å². The first-order valence-electron chi connectivity index (χ1n) is 11.2. The van der Waals surface area contributed by atoms with Crippen LogP contribution >= 0.6 is 23.4 Å². The number of thioether (sulfide) groups is 1. The molecule has 2 aromatic carbocycles. The average Bonchev–Trinajstić information content (AvgIpc) is 3.26. The highest BCUT2D eigenvalue weighted by molar-refractivity contribution is 7.99. The molecule has 188 valence electrons. The summed E-state index contributed by atoms with van der Waals surface area (Å²) in [6.07, 6.45) is 2.41. The summed E-state index contributed by atoms with van der Waals surface area (Å²) in [6.45, 7) is 6.55. The van der Waals surface area contributed by atoms with E-state index in [4.69, 9.17) is 16.3 Å². The number of carbonyl (C=O) groups excluding carboxylic acids is 3. The van der Waals surface area contributed by atoms with Crippen LogP contribution in [0, 0.1) is 0 Å². The van der Waals surface area contributed by atoms with Gasteiger partial charge in [0.15, 0.2) is 11.0 Å². The van der Waals surface area contributed by atoms with Gasteiger partial charge < -0.3 is 19.9 Å². The molecule has 9 nitrogen and oxygen atoms in total. The third kappa shape index (κ3) is 7.69. The van der Waals surface area contributed by atoms with Crippen molar-refractivity contribution >= 4 is 46.8 Å². The molecule has 1 aromatic heterocycles. The van der Waals surface area contributed by atoms with Gasteiger partial charge in [-0.25, -0.2) is 4.79 Å². The number of rotatable bonds is 12. The Morgan fingerprint density at radius 3 is 2.67 bits per heavy atom. The van der Waals surface area contributed by atoms with Crippen LogP contribution in [-0.4, -0.2) is 44.9 Å². The minimum absolute atomic E-state index is 0.0641. The summed E-state index contributed by atoms with van der Waals surface area (Å²) in [6, 6.07) is 13.2. The zero-order chi connectivity index (χ0) is 25.9. The second-order valence-corrected chi connectivity index (χ2v) is 8.92. The van der Waals surface area contributed by atoms with E-state index in [0.29, 0.717) is 46.0 Å². The lowest BCUT2D eigenvalue weighted by atomic mass is 10.2. The van der Waals surface area contributed by atoms with Gasteiger partial charge in [0, 0.05) is 22.8 Å². The van der Waals surface area contributed by atoms with E-state index in [9.17, 15) is 14.4 Å². The first-order chi connectivity index (χ1) is 17.4. The SMILES string of the molecule is C=CCn1c(CNC(=O)c2cccc(Cl)c2)nnc1SCC(=O)Nc1cccc(C(=O)OCCC)c1. The molecular weight excluding hydrogens is 502 g/mol. The van der Waals surface area contributed by atoms with E-state index in [1.54, 1.807) is 59.2 Å². The monoisotopic (exact) mass is 527 g/mol. The highest BCUT2D eigenvalue weighted by Crippen LogP contribution is 2.19. The highest BCUT2D eigenvalue weighted by atomic mass is 35.5. The summed E-state index contributed by atoms with van der Waals surface area (Å²) in [5.41, 5.74) is 1.29. The second kappa shape index (κ2) is 13.5. The summed E-state index contributed by atoms with van der Waals surface area (Å²) in [5.74, 6) is -0.418. The highest BCUT2D eigenvalue weighted by Gasteiger charge is 2.16. The average molecular weight is 528 g/mol. The minimum atomic E-state index is -0.435. The molecule has 0 atom stereocenters. The summed E-state index contributed by atoms with van der Waals surface area (Å²) >= 11 is 7.15. The van der Waals surface area contributed by atoms with Crippen molar-refractivity contribution in [2.45, 2.75) is 31.6 Å². The molecule has 0 fully saturated rings. The van der Waals surface area contributed by atoms with Gasteiger partial charge in [-0.1, -0.05) is 48.5 Å². The predicted octanol–water partition coefficient (Wildman–Crippen LogP) is 4.35. The topological polar surface area (TPSA) is 115 Å². The number of nitrogens with zero attached hydrogens (tertiary/aromatic N) is 3. The van der Waals surface area contributed by atoms with E-state index in [1.165, 1.54) is 11.8 Å². The molecule has 1 heterocycles. The molecule has 0 unspecified atom stereocenters. The van der Waals surface area contributed by atoms with Crippen molar-refractivity contribution in [3.63, 3.8) is 0 Å². The van der Waals surface area contributed by atoms with Gasteiger partial charge in [0.2, 0.25) is 5.91 Å². The van der Waals surface area contributed by atoms with Gasteiger partial charge in [0.1, 0.15) is 0 Å². The summed E-state index contributed by atoms with van der Waals surface area (Å²) in [4.78, 5) is 37.0. The fourth-order valence-corrected chi connectivity index (χ4v) is 4.05. The van der Waals surface area contributed by atoms with Gasteiger partial charge in [0.05, 0.1) is 24.5 Å². The minimum Gasteiger partial charge on any atom is -0.462 e. The van der Waals surface area contributed by atoms with Gasteiger partial charge in [-0.2, -0.15) is 0 Å². The van der Waals surface area contributed by atoms with Crippen LogP contribution in [0.3, 0.4) is 0 Å².